The molecule has 0 N–H and O–H groups in total. The Morgan fingerprint density at radius 3 is 2.20 bits per heavy atom. The number of esters is 2. The van der Waals surface area contributed by atoms with E-state index in [4.69, 9.17) is 9.47 Å². The Bertz CT molecular complexity index is 602. The topological polar surface area (TPSA) is 52.6 Å². The Morgan fingerprint density at radius 1 is 0.967 bits per heavy atom. The lowest BCUT2D eigenvalue weighted by atomic mass is 9.91. The first-order chi connectivity index (χ1) is 14.3. The fraction of sp³-hybridized carbons (Fsp3) is 0.769. The minimum atomic E-state index is -0.184. The molecule has 0 bridgehead atoms. The number of hydrogen-bond donors (Lipinski definition) is 0. The maximum absolute atomic E-state index is 10.9. The van der Waals surface area contributed by atoms with Gasteiger partial charge in [0.15, 0.2) is 0 Å². The highest BCUT2D eigenvalue weighted by Crippen LogP contribution is 2.36. The van der Waals surface area contributed by atoms with Crippen LogP contribution in [0.4, 0.5) is 0 Å². The molecule has 4 nitrogen and oxygen atoms in total. The summed E-state index contributed by atoms with van der Waals surface area (Å²) in [5.41, 5.74) is 1.39. The molecular formula is C26H44O4. The first-order valence-corrected chi connectivity index (χ1v) is 12.1. The molecule has 0 saturated heterocycles. The van der Waals surface area contributed by atoms with Crippen LogP contribution in [-0.4, -0.2) is 11.9 Å². The summed E-state index contributed by atoms with van der Waals surface area (Å²) in [6.07, 6.45) is 15.0. The van der Waals surface area contributed by atoms with Crippen molar-refractivity contribution in [3.63, 3.8) is 0 Å². The van der Waals surface area contributed by atoms with Gasteiger partial charge < -0.3 is 9.47 Å². The second-order valence-electron chi connectivity index (χ2n) is 8.95. The van der Waals surface area contributed by atoms with Gasteiger partial charge in [0.25, 0.3) is 0 Å². The van der Waals surface area contributed by atoms with Gasteiger partial charge in [-0.2, -0.15) is 0 Å². The molecule has 0 aliphatic heterocycles. The maximum Gasteiger partial charge on any atom is 0.307 e. The number of unbranched alkanes of at least 4 members (excludes halogenated alkanes) is 4. The van der Waals surface area contributed by atoms with Gasteiger partial charge in [-0.3, -0.25) is 9.59 Å². The average molecular weight is 421 g/mol. The molecule has 0 aromatic carbocycles. The highest BCUT2D eigenvalue weighted by atomic mass is 16.5. The SMILES string of the molecule is CCCCCC1=C(OC(C)=O)CCC1C.CCCCCC1C(OC(C)=O)=CCC1C. The lowest BCUT2D eigenvalue weighted by Crippen LogP contribution is -2.12. The molecule has 2 aliphatic rings. The summed E-state index contributed by atoms with van der Waals surface area (Å²) in [7, 11) is 0. The molecular weight excluding hydrogens is 376 g/mol. The van der Waals surface area contributed by atoms with Crippen LogP contribution >= 0.6 is 0 Å². The first-order valence-electron chi connectivity index (χ1n) is 12.1. The number of ether oxygens (including phenoxy) is 2. The van der Waals surface area contributed by atoms with Gasteiger partial charge in [-0.05, 0) is 55.6 Å². The Labute approximate surface area is 184 Å². The summed E-state index contributed by atoms with van der Waals surface area (Å²) < 4.78 is 10.5. The molecule has 0 aromatic rings. The van der Waals surface area contributed by atoms with Gasteiger partial charge in [0.05, 0.1) is 0 Å². The highest BCUT2D eigenvalue weighted by molar-refractivity contribution is 5.67. The van der Waals surface area contributed by atoms with E-state index in [-0.39, 0.29) is 11.9 Å². The Hall–Kier alpha value is -1.58. The minimum absolute atomic E-state index is 0.174. The van der Waals surface area contributed by atoms with Gasteiger partial charge in [0.2, 0.25) is 0 Å². The van der Waals surface area contributed by atoms with E-state index in [0.717, 1.165) is 43.6 Å². The lowest BCUT2D eigenvalue weighted by molar-refractivity contribution is -0.138. The minimum Gasteiger partial charge on any atom is -0.431 e. The monoisotopic (exact) mass is 420 g/mol. The van der Waals surface area contributed by atoms with Crippen LogP contribution in [-0.2, 0) is 19.1 Å². The molecule has 2 rings (SSSR count). The number of allylic oxidation sites excluding steroid dienone is 4. The van der Waals surface area contributed by atoms with E-state index in [2.05, 4.69) is 33.8 Å². The van der Waals surface area contributed by atoms with Crippen LogP contribution in [0.15, 0.2) is 23.2 Å². The maximum atomic E-state index is 10.9. The van der Waals surface area contributed by atoms with E-state index in [1.54, 1.807) is 0 Å². The highest BCUT2D eigenvalue weighted by Gasteiger charge is 2.28. The van der Waals surface area contributed by atoms with E-state index >= 15 is 0 Å². The Kier molecular flexibility index (Phi) is 12.7. The quantitative estimate of drug-likeness (QED) is 0.271. The average Bonchev–Trinajstić information content (AvgIpc) is 3.19. The fourth-order valence-electron chi connectivity index (χ4n) is 4.42. The van der Waals surface area contributed by atoms with E-state index in [9.17, 15) is 9.59 Å². The van der Waals surface area contributed by atoms with E-state index in [1.165, 1.54) is 57.9 Å². The molecule has 3 atom stereocenters. The van der Waals surface area contributed by atoms with Gasteiger partial charge in [-0.1, -0.05) is 59.8 Å². The van der Waals surface area contributed by atoms with Crippen molar-refractivity contribution in [2.75, 3.05) is 0 Å². The molecule has 172 valence electrons. The number of carbonyl (C=O) groups excluding carboxylic acids is 2. The van der Waals surface area contributed by atoms with Crippen molar-refractivity contribution < 1.29 is 19.1 Å². The largest absolute Gasteiger partial charge is 0.431 e. The van der Waals surface area contributed by atoms with E-state index < -0.39 is 0 Å². The standard InChI is InChI=1S/2C13H22O2/c2*1-4-5-6-7-12-10(2)8-9-13(12)15-11(3)14/h10H,4-9H2,1-3H3;9-10,12H,4-8H2,1-3H3. The zero-order valence-electron chi connectivity index (χ0n) is 20.2. The van der Waals surface area contributed by atoms with Gasteiger partial charge >= 0.3 is 11.9 Å². The summed E-state index contributed by atoms with van der Waals surface area (Å²) in [5, 5.41) is 0. The lowest BCUT2D eigenvalue weighted by Gasteiger charge is -2.18. The molecule has 0 spiro atoms. The summed E-state index contributed by atoms with van der Waals surface area (Å²) in [6.45, 7) is 11.9. The molecule has 2 aliphatic carbocycles. The fourth-order valence-corrected chi connectivity index (χ4v) is 4.42. The molecule has 0 amide bonds. The Balaban J connectivity index is 0.000000300. The molecule has 0 saturated carbocycles. The summed E-state index contributed by atoms with van der Waals surface area (Å²) in [6, 6.07) is 0. The molecule has 0 heterocycles. The molecule has 3 unspecified atom stereocenters. The summed E-state index contributed by atoms with van der Waals surface area (Å²) in [5.74, 6) is 3.24. The van der Waals surface area contributed by atoms with Crippen molar-refractivity contribution in [1.29, 1.82) is 0 Å². The van der Waals surface area contributed by atoms with Crippen molar-refractivity contribution in [2.24, 2.45) is 17.8 Å². The zero-order valence-corrected chi connectivity index (χ0v) is 20.2. The number of carbonyl (C=O) groups is 2. The third kappa shape index (κ3) is 9.49. The third-order valence-corrected chi connectivity index (χ3v) is 6.20. The molecule has 0 aromatic heterocycles. The third-order valence-electron chi connectivity index (χ3n) is 6.20. The molecule has 0 radical (unpaired) electrons. The van der Waals surface area contributed by atoms with Crippen LogP contribution in [0.3, 0.4) is 0 Å². The van der Waals surface area contributed by atoms with E-state index in [0.29, 0.717) is 17.8 Å². The van der Waals surface area contributed by atoms with Crippen LogP contribution in [0.5, 0.6) is 0 Å². The van der Waals surface area contributed by atoms with Crippen molar-refractivity contribution in [3.05, 3.63) is 23.2 Å². The summed E-state index contributed by atoms with van der Waals surface area (Å²) in [4.78, 5) is 21.8. The first kappa shape index (κ1) is 26.5. The number of rotatable bonds is 10. The van der Waals surface area contributed by atoms with Gasteiger partial charge in [-0.15, -0.1) is 0 Å². The second-order valence-corrected chi connectivity index (χ2v) is 8.95. The van der Waals surface area contributed by atoms with Crippen LogP contribution in [0, 0.1) is 17.8 Å². The predicted molar refractivity (Wildman–Crippen MR) is 123 cm³/mol. The van der Waals surface area contributed by atoms with Gasteiger partial charge in [0, 0.05) is 26.2 Å². The van der Waals surface area contributed by atoms with Crippen molar-refractivity contribution in [3.8, 4) is 0 Å². The molecule has 4 heteroatoms. The van der Waals surface area contributed by atoms with Crippen LogP contribution < -0.4 is 0 Å². The van der Waals surface area contributed by atoms with Gasteiger partial charge in [0.1, 0.15) is 11.5 Å². The zero-order chi connectivity index (χ0) is 22.5. The van der Waals surface area contributed by atoms with E-state index in [1.807, 2.05) is 0 Å². The van der Waals surface area contributed by atoms with Crippen molar-refractivity contribution in [2.45, 2.75) is 112 Å². The van der Waals surface area contributed by atoms with Crippen LogP contribution in [0.2, 0.25) is 0 Å². The predicted octanol–water partition coefficient (Wildman–Crippen LogP) is 7.48. The normalized spacial score (nSPS) is 23.0. The molecule has 30 heavy (non-hydrogen) atoms. The Morgan fingerprint density at radius 2 is 1.60 bits per heavy atom. The smallest absolute Gasteiger partial charge is 0.307 e. The van der Waals surface area contributed by atoms with Gasteiger partial charge in [-0.25, -0.2) is 0 Å². The van der Waals surface area contributed by atoms with Crippen molar-refractivity contribution in [1.82, 2.24) is 0 Å². The van der Waals surface area contributed by atoms with Crippen LogP contribution in [0.1, 0.15) is 112 Å². The van der Waals surface area contributed by atoms with Crippen molar-refractivity contribution >= 4 is 11.9 Å². The number of hydrogen-bond acceptors (Lipinski definition) is 4. The second kappa shape index (κ2) is 14.4. The summed E-state index contributed by atoms with van der Waals surface area (Å²) >= 11 is 0. The van der Waals surface area contributed by atoms with Crippen LogP contribution in [0.25, 0.3) is 0 Å². The molecule has 0 fully saturated rings.